The average molecular weight is 228 g/mol. The van der Waals surface area contributed by atoms with Crippen molar-refractivity contribution >= 4 is 30.4 Å². The quantitative estimate of drug-likeness (QED) is 0.383. The van der Waals surface area contributed by atoms with Crippen molar-refractivity contribution in [3.8, 4) is 0 Å². The topological polar surface area (TPSA) is 77.8 Å². The minimum atomic E-state index is -0.787. The average Bonchev–Trinajstić information content (AvgIpc) is 2.06. The molecule has 0 fully saturated rings. The van der Waals surface area contributed by atoms with Crippen molar-refractivity contribution in [2.45, 2.75) is 6.42 Å². The highest BCUT2D eigenvalue weighted by molar-refractivity contribution is 7.99. The molecule has 6 heteroatoms. The lowest BCUT2D eigenvalue weighted by Crippen LogP contribution is -1.93. The summed E-state index contributed by atoms with van der Waals surface area (Å²) in [6, 6.07) is 0. The number of thioether (sulfide) groups is 1. The highest BCUT2D eigenvalue weighted by atomic mass is 32.2. The smallest absolute Gasteiger partial charge is 0.304 e. The van der Waals surface area contributed by atoms with E-state index in [9.17, 15) is 4.79 Å². The summed E-state index contributed by atoms with van der Waals surface area (Å²) in [5.74, 6) is 1.11. The number of thiol groups is 1. The lowest BCUT2D eigenvalue weighted by molar-refractivity contribution is -0.136. The maximum Gasteiger partial charge on any atom is 0.304 e. The lowest BCUT2D eigenvalue weighted by Gasteiger charge is -1.90. The molecule has 0 aromatic heterocycles. The number of carboxylic acid groups (broad SMARTS) is 1. The first-order chi connectivity index (χ1) is 6.18. The Balaban J connectivity index is 0. The second kappa shape index (κ2) is 14.6. The number of carbonyl (C=O) groups is 1. The van der Waals surface area contributed by atoms with E-state index in [0.29, 0.717) is 5.75 Å². The van der Waals surface area contributed by atoms with Gasteiger partial charge in [0.1, 0.15) is 0 Å². The lowest BCUT2D eigenvalue weighted by atomic mass is 10.5. The SMILES string of the molecule is O=C(O)CCS.OCCSCCO. The summed E-state index contributed by atoms with van der Waals surface area (Å²) in [6.07, 6.45) is 0.156. The molecular weight excluding hydrogens is 212 g/mol. The molecule has 0 rings (SSSR count). The monoisotopic (exact) mass is 228 g/mol. The summed E-state index contributed by atoms with van der Waals surface area (Å²) in [5, 5.41) is 24.2. The normalized spacial score (nSPS) is 8.85. The molecule has 0 spiro atoms. The molecule has 0 bridgehead atoms. The van der Waals surface area contributed by atoms with E-state index in [1.54, 1.807) is 11.8 Å². The molecule has 0 aliphatic carbocycles. The predicted octanol–water partition coefficient (Wildman–Crippen LogP) is 0.0951. The van der Waals surface area contributed by atoms with Gasteiger partial charge in [-0.1, -0.05) is 0 Å². The summed E-state index contributed by atoms with van der Waals surface area (Å²) in [5.41, 5.74) is 0. The molecule has 0 aromatic rings. The van der Waals surface area contributed by atoms with Crippen molar-refractivity contribution in [2.75, 3.05) is 30.5 Å². The summed E-state index contributed by atoms with van der Waals surface area (Å²) < 4.78 is 0. The number of hydrogen-bond donors (Lipinski definition) is 4. The summed E-state index contributed by atoms with van der Waals surface area (Å²) >= 11 is 5.23. The molecule has 0 aliphatic rings. The highest BCUT2D eigenvalue weighted by Crippen LogP contribution is 1.94. The van der Waals surface area contributed by atoms with Crippen LogP contribution in [-0.4, -0.2) is 51.8 Å². The van der Waals surface area contributed by atoms with Gasteiger partial charge in [0, 0.05) is 17.3 Å². The number of carboxylic acids is 1. The Kier molecular flexibility index (Phi) is 17.5. The third-order valence-electron chi connectivity index (χ3n) is 0.797. The van der Waals surface area contributed by atoms with Crippen LogP contribution in [0.15, 0.2) is 0 Å². The van der Waals surface area contributed by atoms with Crippen LogP contribution in [0, 0.1) is 0 Å². The molecule has 0 unspecified atom stereocenters. The van der Waals surface area contributed by atoms with Crippen LogP contribution in [0.2, 0.25) is 0 Å². The second-order valence-corrected chi connectivity index (χ2v) is 3.60. The fourth-order valence-electron chi connectivity index (χ4n) is 0.327. The fraction of sp³-hybridized carbons (Fsp3) is 0.857. The molecular formula is C7H16O4S2. The van der Waals surface area contributed by atoms with E-state index < -0.39 is 5.97 Å². The van der Waals surface area contributed by atoms with Crippen molar-refractivity contribution in [3.05, 3.63) is 0 Å². The van der Waals surface area contributed by atoms with E-state index in [1.807, 2.05) is 0 Å². The van der Waals surface area contributed by atoms with Gasteiger partial charge in [-0.15, -0.1) is 0 Å². The van der Waals surface area contributed by atoms with Crippen molar-refractivity contribution in [1.82, 2.24) is 0 Å². The molecule has 0 atom stereocenters. The second-order valence-electron chi connectivity index (χ2n) is 1.93. The Hall–Kier alpha value is 0.0900. The van der Waals surface area contributed by atoms with Gasteiger partial charge in [-0.05, 0) is 0 Å². The number of aliphatic hydroxyl groups is 2. The highest BCUT2D eigenvalue weighted by Gasteiger charge is 1.88. The van der Waals surface area contributed by atoms with Crippen LogP contribution in [-0.2, 0) is 4.79 Å². The predicted molar refractivity (Wildman–Crippen MR) is 57.6 cm³/mol. The molecule has 0 aliphatic heterocycles. The standard InChI is InChI=1S/C4H10O2S.C3H6O2S/c5-1-3-7-4-2-6;4-3(5)1-2-6/h5-6H,1-4H2;6H,1-2H2,(H,4,5). The van der Waals surface area contributed by atoms with Crippen molar-refractivity contribution in [1.29, 1.82) is 0 Å². The Morgan fingerprint density at radius 3 is 1.85 bits per heavy atom. The van der Waals surface area contributed by atoms with Gasteiger partial charge < -0.3 is 15.3 Å². The van der Waals surface area contributed by atoms with Crippen molar-refractivity contribution in [3.63, 3.8) is 0 Å². The van der Waals surface area contributed by atoms with Crippen molar-refractivity contribution in [2.24, 2.45) is 0 Å². The molecule has 0 heterocycles. The molecule has 0 saturated heterocycles. The Labute approximate surface area is 87.8 Å². The Bertz CT molecular complexity index is 107. The molecule has 13 heavy (non-hydrogen) atoms. The van der Waals surface area contributed by atoms with Gasteiger partial charge in [0.05, 0.1) is 19.6 Å². The number of aliphatic hydroxyl groups excluding tert-OH is 2. The van der Waals surface area contributed by atoms with Gasteiger partial charge in [0.2, 0.25) is 0 Å². The fourth-order valence-corrected chi connectivity index (χ4v) is 0.980. The number of rotatable bonds is 6. The van der Waals surface area contributed by atoms with E-state index in [4.69, 9.17) is 15.3 Å². The minimum Gasteiger partial charge on any atom is -0.481 e. The zero-order valence-electron chi connectivity index (χ0n) is 7.35. The maximum absolute atomic E-state index is 9.55. The molecule has 3 N–H and O–H groups in total. The molecule has 0 amide bonds. The van der Waals surface area contributed by atoms with Gasteiger partial charge >= 0.3 is 5.97 Å². The summed E-state index contributed by atoms with van der Waals surface area (Å²) in [4.78, 5) is 9.55. The van der Waals surface area contributed by atoms with Crippen LogP contribution < -0.4 is 0 Å². The molecule has 80 valence electrons. The van der Waals surface area contributed by atoms with E-state index in [-0.39, 0.29) is 19.6 Å². The van der Waals surface area contributed by atoms with E-state index in [2.05, 4.69) is 12.6 Å². The Morgan fingerprint density at radius 2 is 1.69 bits per heavy atom. The summed E-state index contributed by atoms with van der Waals surface area (Å²) in [6.45, 7) is 0.426. The van der Waals surface area contributed by atoms with Crippen LogP contribution in [0.5, 0.6) is 0 Å². The summed E-state index contributed by atoms with van der Waals surface area (Å²) in [7, 11) is 0. The molecule has 0 saturated carbocycles. The molecule has 0 aromatic carbocycles. The van der Waals surface area contributed by atoms with Crippen molar-refractivity contribution < 1.29 is 20.1 Å². The van der Waals surface area contributed by atoms with Gasteiger partial charge in [-0.3, -0.25) is 4.79 Å². The van der Waals surface area contributed by atoms with Gasteiger partial charge in [0.15, 0.2) is 0 Å². The zero-order chi connectivity index (χ0) is 10.5. The third kappa shape index (κ3) is 24.5. The van der Waals surface area contributed by atoms with Crippen LogP contribution in [0.3, 0.4) is 0 Å². The molecule has 0 radical (unpaired) electrons. The number of aliphatic carboxylic acids is 1. The van der Waals surface area contributed by atoms with Gasteiger partial charge in [-0.2, -0.15) is 24.4 Å². The third-order valence-corrected chi connectivity index (χ3v) is 1.96. The van der Waals surface area contributed by atoms with Crippen LogP contribution in [0.4, 0.5) is 0 Å². The van der Waals surface area contributed by atoms with E-state index >= 15 is 0 Å². The van der Waals surface area contributed by atoms with E-state index in [0.717, 1.165) is 11.5 Å². The molecule has 4 nitrogen and oxygen atoms in total. The Morgan fingerprint density at radius 1 is 1.23 bits per heavy atom. The van der Waals surface area contributed by atoms with Crippen LogP contribution >= 0.6 is 24.4 Å². The van der Waals surface area contributed by atoms with Gasteiger partial charge in [-0.25, -0.2) is 0 Å². The first kappa shape index (κ1) is 15.6. The maximum atomic E-state index is 9.55. The van der Waals surface area contributed by atoms with Gasteiger partial charge in [0.25, 0.3) is 0 Å². The van der Waals surface area contributed by atoms with Crippen LogP contribution in [0.25, 0.3) is 0 Å². The first-order valence-corrected chi connectivity index (χ1v) is 5.59. The van der Waals surface area contributed by atoms with E-state index in [1.165, 1.54) is 0 Å². The number of hydrogen-bond acceptors (Lipinski definition) is 5. The largest absolute Gasteiger partial charge is 0.481 e. The zero-order valence-corrected chi connectivity index (χ0v) is 9.06. The minimum absolute atomic E-state index is 0.156. The van der Waals surface area contributed by atoms with Crippen LogP contribution in [0.1, 0.15) is 6.42 Å². The first-order valence-electron chi connectivity index (χ1n) is 3.81.